The summed E-state index contributed by atoms with van der Waals surface area (Å²) in [6, 6.07) is 2.76. The van der Waals surface area contributed by atoms with Crippen molar-refractivity contribution in [1.29, 1.82) is 0 Å². The zero-order valence-electron chi connectivity index (χ0n) is 9.86. The van der Waals surface area contributed by atoms with E-state index in [1.54, 1.807) is 10.6 Å². The minimum Gasteiger partial charge on any atom is -0.478 e. The second-order valence-corrected chi connectivity index (χ2v) is 4.24. The third-order valence-corrected chi connectivity index (χ3v) is 2.37. The number of rotatable bonds is 4. The molecule has 0 saturated heterocycles. The fourth-order valence-corrected chi connectivity index (χ4v) is 1.64. The number of aromatic nitrogens is 1. The maximum atomic E-state index is 11.8. The topological polar surface area (TPSA) is 59.3 Å². The molecule has 1 aromatic heterocycles. The number of aryl methyl sites for hydroxylation is 1. The molecule has 0 unspecified atom stereocenters. The Morgan fingerprint density at radius 1 is 1.44 bits per heavy atom. The standard InChI is InChI=1S/C12H17NO3/c1-4-10-5-9(12(15)16)6-11(14)13(10)7-8(2)3/h5-6,8H,4,7H2,1-3H3,(H,15,16). The summed E-state index contributed by atoms with van der Waals surface area (Å²) >= 11 is 0. The number of pyridine rings is 1. The van der Waals surface area contributed by atoms with Crippen LogP contribution in [0.4, 0.5) is 0 Å². The van der Waals surface area contributed by atoms with Crippen molar-refractivity contribution in [3.8, 4) is 0 Å². The molecule has 0 aliphatic heterocycles. The summed E-state index contributed by atoms with van der Waals surface area (Å²) in [6.45, 7) is 6.59. The van der Waals surface area contributed by atoms with Gasteiger partial charge in [0.15, 0.2) is 0 Å². The zero-order valence-corrected chi connectivity index (χ0v) is 9.86. The lowest BCUT2D eigenvalue weighted by Gasteiger charge is -2.14. The molecule has 0 saturated carbocycles. The van der Waals surface area contributed by atoms with Gasteiger partial charge in [-0.05, 0) is 18.4 Å². The van der Waals surface area contributed by atoms with Gasteiger partial charge in [0.25, 0.3) is 5.56 Å². The summed E-state index contributed by atoms with van der Waals surface area (Å²) in [5.74, 6) is -0.692. The number of hydrogen-bond donors (Lipinski definition) is 1. The van der Waals surface area contributed by atoms with E-state index in [9.17, 15) is 9.59 Å². The molecule has 1 N–H and O–H groups in total. The van der Waals surface area contributed by atoms with E-state index in [-0.39, 0.29) is 11.1 Å². The number of hydrogen-bond acceptors (Lipinski definition) is 2. The molecule has 1 aromatic rings. The average Bonchev–Trinajstić information content (AvgIpc) is 2.19. The van der Waals surface area contributed by atoms with Crippen LogP contribution in [-0.4, -0.2) is 15.6 Å². The van der Waals surface area contributed by atoms with Gasteiger partial charge in [0, 0.05) is 18.3 Å². The van der Waals surface area contributed by atoms with Gasteiger partial charge in [0.2, 0.25) is 0 Å². The lowest BCUT2D eigenvalue weighted by molar-refractivity contribution is 0.0696. The Hall–Kier alpha value is -1.58. The van der Waals surface area contributed by atoms with Crippen LogP contribution in [0.25, 0.3) is 0 Å². The smallest absolute Gasteiger partial charge is 0.335 e. The van der Waals surface area contributed by atoms with Gasteiger partial charge < -0.3 is 9.67 Å². The first-order valence-corrected chi connectivity index (χ1v) is 5.42. The Bertz CT molecular complexity index is 446. The minimum atomic E-state index is -1.05. The summed E-state index contributed by atoms with van der Waals surface area (Å²) in [5, 5.41) is 8.85. The Kier molecular flexibility index (Phi) is 3.88. The predicted octanol–water partition coefficient (Wildman–Crippen LogP) is 1.76. The molecule has 4 heteroatoms. The maximum Gasteiger partial charge on any atom is 0.335 e. The van der Waals surface area contributed by atoms with E-state index in [0.29, 0.717) is 18.9 Å². The summed E-state index contributed by atoms with van der Waals surface area (Å²) in [5.41, 5.74) is 0.617. The summed E-state index contributed by atoms with van der Waals surface area (Å²) in [7, 11) is 0. The van der Waals surface area contributed by atoms with Crippen LogP contribution in [0.3, 0.4) is 0 Å². The van der Waals surface area contributed by atoms with Crippen molar-refractivity contribution in [1.82, 2.24) is 4.57 Å². The van der Waals surface area contributed by atoms with Crippen LogP contribution >= 0.6 is 0 Å². The number of carboxylic acid groups (broad SMARTS) is 1. The molecule has 0 spiro atoms. The lowest BCUT2D eigenvalue weighted by atomic mass is 10.1. The molecule has 0 aliphatic rings. The molecular formula is C12H17NO3. The second kappa shape index (κ2) is 4.96. The SMILES string of the molecule is CCc1cc(C(=O)O)cc(=O)n1CC(C)C. The Morgan fingerprint density at radius 2 is 2.06 bits per heavy atom. The van der Waals surface area contributed by atoms with Gasteiger partial charge in [-0.3, -0.25) is 4.79 Å². The Balaban J connectivity index is 3.29. The van der Waals surface area contributed by atoms with Gasteiger partial charge in [-0.15, -0.1) is 0 Å². The number of nitrogens with zero attached hydrogens (tertiary/aromatic N) is 1. The van der Waals surface area contributed by atoms with Crippen LogP contribution in [0.2, 0.25) is 0 Å². The fraction of sp³-hybridized carbons (Fsp3) is 0.500. The molecule has 0 bridgehead atoms. The fourth-order valence-electron chi connectivity index (χ4n) is 1.64. The van der Waals surface area contributed by atoms with Crippen molar-refractivity contribution >= 4 is 5.97 Å². The van der Waals surface area contributed by atoms with E-state index in [4.69, 9.17) is 5.11 Å². The quantitative estimate of drug-likeness (QED) is 0.846. The van der Waals surface area contributed by atoms with Crippen molar-refractivity contribution in [2.75, 3.05) is 0 Å². The maximum absolute atomic E-state index is 11.8. The number of carboxylic acids is 1. The molecule has 0 aliphatic carbocycles. The van der Waals surface area contributed by atoms with Gasteiger partial charge in [-0.25, -0.2) is 4.79 Å². The van der Waals surface area contributed by atoms with Crippen molar-refractivity contribution in [2.45, 2.75) is 33.7 Å². The van der Waals surface area contributed by atoms with Gasteiger partial charge in [0.05, 0.1) is 5.56 Å². The summed E-state index contributed by atoms with van der Waals surface area (Å²) in [6.07, 6.45) is 0.656. The van der Waals surface area contributed by atoms with E-state index in [2.05, 4.69) is 0 Å². The molecule has 16 heavy (non-hydrogen) atoms. The van der Waals surface area contributed by atoms with E-state index in [1.165, 1.54) is 6.07 Å². The van der Waals surface area contributed by atoms with Crippen molar-refractivity contribution < 1.29 is 9.90 Å². The normalized spacial score (nSPS) is 10.8. The molecule has 0 amide bonds. The van der Waals surface area contributed by atoms with Crippen molar-refractivity contribution in [3.63, 3.8) is 0 Å². The molecular weight excluding hydrogens is 206 g/mol. The van der Waals surface area contributed by atoms with Crippen LogP contribution < -0.4 is 5.56 Å². The van der Waals surface area contributed by atoms with Gasteiger partial charge >= 0.3 is 5.97 Å². The van der Waals surface area contributed by atoms with E-state index < -0.39 is 5.97 Å². The molecule has 0 atom stereocenters. The van der Waals surface area contributed by atoms with Gasteiger partial charge in [-0.1, -0.05) is 20.8 Å². The zero-order chi connectivity index (χ0) is 12.3. The van der Waals surface area contributed by atoms with E-state index in [0.717, 1.165) is 5.69 Å². The molecule has 0 aromatic carbocycles. The molecule has 1 heterocycles. The highest BCUT2D eigenvalue weighted by molar-refractivity contribution is 5.87. The van der Waals surface area contributed by atoms with Crippen molar-refractivity contribution in [2.24, 2.45) is 5.92 Å². The highest BCUT2D eigenvalue weighted by atomic mass is 16.4. The summed E-state index contributed by atoms with van der Waals surface area (Å²) in [4.78, 5) is 22.6. The third kappa shape index (κ3) is 2.72. The molecule has 0 radical (unpaired) electrons. The minimum absolute atomic E-state index is 0.0712. The molecule has 1 rings (SSSR count). The first-order chi connectivity index (χ1) is 7.45. The first kappa shape index (κ1) is 12.5. The summed E-state index contributed by atoms with van der Waals surface area (Å²) < 4.78 is 1.65. The van der Waals surface area contributed by atoms with Crippen LogP contribution in [0, 0.1) is 5.92 Å². The molecule has 4 nitrogen and oxygen atoms in total. The molecule has 0 fully saturated rings. The Morgan fingerprint density at radius 3 is 2.50 bits per heavy atom. The van der Waals surface area contributed by atoms with E-state index in [1.807, 2.05) is 20.8 Å². The second-order valence-electron chi connectivity index (χ2n) is 4.24. The monoisotopic (exact) mass is 223 g/mol. The van der Waals surface area contributed by atoms with Crippen LogP contribution in [0.15, 0.2) is 16.9 Å². The number of aromatic carboxylic acids is 1. The van der Waals surface area contributed by atoms with Crippen LogP contribution in [0.5, 0.6) is 0 Å². The first-order valence-electron chi connectivity index (χ1n) is 5.42. The highest BCUT2D eigenvalue weighted by Crippen LogP contribution is 2.06. The highest BCUT2D eigenvalue weighted by Gasteiger charge is 2.10. The number of carbonyl (C=O) groups is 1. The lowest BCUT2D eigenvalue weighted by Crippen LogP contribution is -2.26. The predicted molar refractivity (Wildman–Crippen MR) is 61.9 cm³/mol. The van der Waals surface area contributed by atoms with Crippen LogP contribution in [0.1, 0.15) is 36.8 Å². The van der Waals surface area contributed by atoms with Gasteiger partial charge in [-0.2, -0.15) is 0 Å². The van der Waals surface area contributed by atoms with Crippen molar-refractivity contribution in [3.05, 3.63) is 33.7 Å². The molecule has 88 valence electrons. The average molecular weight is 223 g/mol. The van der Waals surface area contributed by atoms with Crippen LogP contribution in [-0.2, 0) is 13.0 Å². The Labute approximate surface area is 94.5 Å². The van der Waals surface area contributed by atoms with Gasteiger partial charge in [0.1, 0.15) is 0 Å². The largest absolute Gasteiger partial charge is 0.478 e. The van der Waals surface area contributed by atoms with E-state index >= 15 is 0 Å². The third-order valence-electron chi connectivity index (χ3n) is 2.37.